The second kappa shape index (κ2) is 7.53. The van der Waals surface area contributed by atoms with Crippen molar-refractivity contribution in [1.29, 1.82) is 0 Å². The SMILES string of the molecule is CC1CN(S(=O)(=O)CCNc2ncnc3ccc(Br)cc23)CC(C)O1. The van der Waals surface area contributed by atoms with Crippen molar-refractivity contribution < 1.29 is 13.2 Å². The Labute approximate surface area is 156 Å². The van der Waals surface area contributed by atoms with E-state index in [1.54, 1.807) is 0 Å². The highest BCUT2D eigenvalue weighted by molar-refractivity contribution is 9.10. The van der Waals surface area contributed by atoms with Crippen molar-refractivity contribution in [3.8, 4) is 0 Å². The molecule has 0 spiro atoms. The highest BCUT2D eigenvalue weighted by Crippen LogP contribution is 2.23. The molecule has 1 N–H and O–H groups in total. The summed E-state index contributed by atoms with van der Waals surface area (Å²) in [5.41, 5.74) is 0.805. The highest BCUT2D eigenvalue weighted by atomic mass is 79.9. The lowest BCUT2D eigenvalue weighted by Crippen LogP contribution is -2.49. The standard InChI is InChI=1S/C16H21BrN4O3S/c1-11-8-21(9-12(2)24-11)25(22,23)6-5-18-16-14-7-13(17)3-4-15(14)19-10-20-16/h3-4,7,10-12H,5-6,8-9H2,1-2H3,(H,18,19,20). The Morgan fingerprint density at radius 2 is 2.00 bits per heavy atom. The molecule has 2 aromatic rings. The van der Waals surface area contributed by atoms with E-state index >= 15 is 0 Å². The van der Waals surface area contributed by atoms with Crippen molar-refractivity contribution in [3.63, 3.8) is 0 Å². The molecule has 9 heteroatoms. The summed E-state index contributed by atoms with van der Waals surface area (Å²) in [5.74, 6) is 0.636. The second-order valence-corrected chi connectivity index (χ2v) is 9.20. The zero-order valence-electron chi connectivity index (χ0n) is 14.1. The Bertz CT molecular complexity index is 852. The largest absolute Gasteiger partial charge is 0.373 e. The molecule has 2 unspecified atom stereocenters. The van der Waals surface area contributed by atoms with Crippen LogP contribution in [0.4, 0.5) is 5.82 Å². The molecule has 0 aliphatic carbocycles. The maximum Gasteiger partial charge on any atom is 0.216 e. The first kappa shape index (κ1) is 18.5. The van der Waals surface area contributed by atoms with Crippen LogP contribution in [0.15, 0.2) is 29.0 Å². The van der Waals surface area contributed by atoms with E-state index in [1.165, 1.54) is 10.6 Å². The fraction of sp³-hybridized carbons (Fsp3) is 0.500. The molecule has 1 fully saturated rings. The van der Waals surface area contributed by atoms with Crippen molar-refractivity contribution in [3.05, 3.63) is 29.0 Å². The van der Waals surface area contributed by atoms with Crippen LogP contribution in [0.25, 0.3) is 10.9 Å². The highest BCUT2D eigenvalue weighted by Gasteiger charge is 2.30. The van der Waals surface area contributed by atoms with E-state index < -0.39 is 10.0 Å². The van der Waals surface area contributed by atoms with Crippen LogP contribution in [0.3, 0.4) is 0 Å². The van der Waals surface area contributed by atoms with Gasteiger partial charge < -0.3 is 10.1 Å². The third-order valence-corrected chi connectivity index (χ3v) is 6.33. The number of aromatic nitrogens is 2. The monoisotopic (exact) mass is 428 g/mol. The molecule has 7 nitrogen and oxygen atoms in total. The fourth-order valence-electron chi connectivity index (χ4n) is 2.96. The Morgan fingerprint density at radius 1 is 1.28 bits per heavy atom. The quantitative estimate of drug-likeness (QED) is 0.785. The maximum atomic E-state index is 12.6. The Balaban J connectivity index is 1.67. The van der Waals surface area contributed by atoms with Gasteiger partial charge in [-0.1, -0.05) is 15.9 Å². The van der Waals surface area contributed by atoms with E-state index in [9.17, 15) is 8.42 Å². The minimum atomic E-state index is -3.34. The summed E-state index contributed by atoms with van der Waals surface area (Å²) in [7, 11) is -3.34. The summed E-state index contributed by atoms with van der Waals surface area (Å²) in [6.45, 7) is 4.86. The average molecular weight is 429 g/mol. The molecule has 1 aliphatic heterocycles. The smallest absolute Gasteiger partial charge is 0.216 e. The number of nitrogens with zero attached hydrogens (tertiary/aromatic N) is 3. The summed E-state index contributed by atoms with van der Waals surface area (Å²) in [4.78, 5) is 8.45. The molecule has 2 heterocycles. The van der Waals surface area contributed by atoms with Gasteiger partial charge in [0.25, 0.3) is 0 Å². The molecule has 136 valence electrons. The van der Waals surface area contributed by atoms with Crippen LogP contribution >= 0.6 is 15.9 Å². The van der Waals surface area contributed by atoms with Gasteiger partial charge in [-0.25, -0.2) is 18.4 Å². The van der Waals surface area contributed by atoms with Gasteiger partial charge in [-0.15, -0.1) is 0 Å². The van der Waals surface area contributed by atoms with E-state index in [0.29, 0.717) is 18.9 Å². The zero-order chi connectivity index (χ0) is 18.0. The molecule has 3 rings (SSSR count). The van der Waals surface area contributed by atoms with Crippen LogP contribution in [0.2, 0.25) is 0 Å². The fourth-order valence-corrected chi connectivity index (χ4v) is 4.81. The molecule has 2 atom stereocenters. The van der Waals surface area contributed by atoms with Crippen LogP contribution in [-0.2, 0) is 14.8 Å². The maximum absolute atomic E-state index is 12.6. The van der Waals surface area contributed by atoms with Crippen LogP contribution in [0.1, 0.15) is 13.8 Å². The third kappa shape index (κ3) is 4.46. The van der Waals surface area contributed by atoms with Gasteiger partial charge in [0.05, 0.1) is 23.5 Å². The number of morpholine rings is 1. The van der Waals surface area contributed by atoms with Crippen LogP contribution < -0.4 is 5.32 Å². The van der Waals surface area contributed by atoms with E-state index in [2.05, 4.69) is 31.2 Å². The van der Waals surface area contributed by atoms with E-state index in [4.69, 9.17) is 4.74 Å². The number of hydrogen-bond acceptors (Lipinski definition) is 6. The van der Waals surface area contributed by atoms with Crippen molar-refractivity contribution in [1.82, 2.24) is 14.3 Å². The molecule has 0 amide bonds. The molecular weight excluding hydrogens is 408 g/mol. The van der Waals surface area contributed by atoms with Crippen LogP contribution in [0.5, 0.6) is 0 Å². The van der Waals surface area contributed by atoms with Crippen molar-refractivity contribution in [2.45, 2.75) is 26.1 Å². The predicted molar refractivity (Wildman–Crippen MR) is 101 cm³/mol. The molecule has 25 heavy (non-hydrogen) atoms. The van der Waals surface area contributed by atoms with Gasteiger partial charge in [0.15, 0.2) is 0 Å². The summed E-state index contributed by atoms with van der Waals surface area (Å²) >= 11 is 3.43. The summed E-state index contributed by atoms with van der Waals surface area (Å²) in [5, 5.41) is 3.97. The Hall–Kier alpha value is -1.29. The minimum Gasteiger partial charge on any atom is -0.373 e. The number of halogens is 1. The van der Waals surface area contributed by atoms with Gasteiger partial charge in [0.2, 0.25) is 10.0 Å². The number of rotatable bonds is 5. The molecule has 0 radical (unpaired) electrons. The number of ether oxygens (including phenoxy) is 1. The third-order valence-electron chi connectivity index (χ3n) is 4.03. The molecule has 1 aromatic heterocycles. The number of fused-ring (bicyclic) bond motifs is 1. The predicted octanol–water partition coefficient (Wildman–Crippen LogP) is 2.24. The van der Waals surface area contributed by atoms with E-state index in [-0.39, 0.29) is 24.5 Å². The van der Waals surface area contributed by atoms with E-state index in [0.717, 1.165) is 15.4 Å². The number of nitrogens with one attached hydrogen (secondary N) is 1. The normalized spacial score (nSPS) is 22.2. The number of benzene rings is 1. The average Bonchev–Trinajstić information content (AvgIpc) is 2.54. The van der Waals surface area contributed by atoms with Crippen LogP contribution in [-0.4, -0.2) is 60.3 Å². The molecule has 1 aromatic carbocycles. The first-order valence-electron chi connectivity index (χ1n) is 8.12. The van der Waals surface area contributed by atoms with E-state index in [1.807, 2.05) is 32.0 Å². The molecule has 0 bridgehead atoms. The number of hydrogen-bond donors (Lipinski definition) is 1. The summed E-state index contributed by atoms with van der Waals surface area (Å²) in [6.07, 6.45) is 1.29. The molecule has 1 saturated heterocycles. The first-order chi connectivity index (χ1) is 11.8. The number of sulfonamides is 1. The van der Waals surface area contributed by atoms with Crippen molar-refractivity contribution in [2.24, 2.45) is 0 Å². The first-order valence-corrected chi connectivity index (χ1v) is 10.5. The molecular formula is C16H21BrN4O3S. The van der Waals surface area contributed by atoms with Gasteiger partial charge in [0.1, 0.15) is 12.1 Å². The van der Waals surface area contributed by atoms with Gasteiger partial charge in [-0.05, 0) is 32.0 Å². The summed E-state index contributed by atoms with van der Waals surface area (Å²) < 4.78 is 33.2. The zero-order valence-corrected chi connectivity index (χ0v) is 16.5. The summed E-state index contributed by atoms with van der Waals surface area (Å²) in [6, 6.07) is 5.71. The lowest BCUT2D eigenvalue weighted by atomic mass is 10.2. The lowest BCUT2D eigenvalue weighted by molar-refractivity contribution is -0.0440. The van der Waals surface area contributed by atoms with Gasteiger partial charge in [0, 0.05) is 29.5 Å². The van der Waals surface area contributed by atoms with Gasteiger partial charge in [-0.2, -0.15) is 4.31 Å². The molecule has 0 saturated carbocycles. The van der Waals surface area contributed by atoms with Crippen molar-refractivity contribution in [2.75, 3.05) is 30.7 Å². The lowest BCUT2D eigenvalue weighted by Gasteiger charge is -2.34. The number of anilines is 1. The second-order valence-electron chi connectivity index (χ2n) is 6.20. The van der Waals surface area contributed by atoms with Gasteiger partial charge >= 0.3 is 0 Å². The van der Waals surface area contributed by atoms with Gasteiger partial charge in [-0.3, -0.25) is 0 Å². The topological polar surface area (TPSA) is 84.4 Å². The Morgan fingerprint density at radius 3 is 2.72 bits per heavy atom. The van der Waals surface area contributed by atoms with Crippen molar-refractivity contribution >= 4 is 42.7 Å². The van der Waals surface area contributed by atoms with Crippen LogP contribution in [0, 0.1) is 0 Å². The molecule has 1 aliphatic rings. The minimum absolute atomic E-state index is 0.00589. The Kier molecular flexibility index (Phi) is 5.57.